The molecule has 2 heterocycles. The third-order valence-corrected chi connectivity index (χ3v) is 5.78. The van der Waals surface area contributed by atoms with E-state index in [2.05, 4.69) is 24.0 Å². The molecule has 2 aromatic heterocycles. The largest absolute Gasteiger partial charge is 0.508 e. The lowest BCUT2D eigenvalue weighted by Gasteiger charge is -2.23. The first-order chi connectivity index (χ1) is 14.5. The number of phenolic OH excluding ortho intramolecular Hbond substituents is 1. The van der Waals surface area contributed by atoms with Crippen molar-refractivity contribution in [2.45, 2.75) is 38.5 Å². The maximum absolute atomic E-state index is 12.9. The standard InChI is InChI=1S/C24H22N4O2/c1-14(2)22-21(15-8-4-3-5-9-15)24-26-25-23-18(28(24)27-22)12-16(13-20(23)30)17-10-6-7-11-19(17)29/h3-11,14,16,29H,12-13H2,1-2H3. The van der Waals surface area contributed by atoms with Crippen LogP contribution in [0.3, 0.4) is 0 Å². The van der Waals surface area contributed by atoms with Crippen LogP contribution in [-0.4, -0.2) is 30.7 Å². The Kier molecular flexibility index (Phi) is 4.35. The highest BCUT2D eigenvalue weighted by molar-refractivity contribution is 5.97. The summed E-state index contributed by atoms with van der Waals surface area (Å²) in [4.78, 5) is 12.9. The summed E-state index contributed by atoms with van der Waals surface area (Å²) in [6, 6.07) is 17.3. The topological polar surface area (TPSA) is 80.4 Å². The molecule has 5 rings (SSSR count). The number of carbonyl (C=O) groups excluding carboxylic acids is 1. The molecule has 6 nitrogen and oxygen atoms in total. The smallest absolute Gasteiger partial charge is 0.185 e. The van der Waals surface area contributed by atoms with Gasteiger partial charge in [-0.1, -0.05) is 62.4 Å². The number of ketones is 1. The molecule has 0 spiro atoms. The third-order valence-electron chi connectivity index (χ3n) is 5.78. The summed E-state index contributed by atoms with van der Waals surface area (Å²) < 4.78 is 1.80. The van der Waals surface area contributed by atoms with Crippen LogP contribution in [0.5, 0.6) is 5.75 Å². The molecule has 1 N–H and O–H groups in total. The molecule has 1 aliphatic rings. The van der Waals surface area contributed by atoms with E-state index in [4.69, 9.17) is 5.10 Å². The summed E-state index contributed by atoms with van der Waals surface area (Å²) >= 11 is 0. The SMILES string of the molecule is CC(C)c1nn2c3c(nnc2c1-c1ccccc1)C(=O)CC(c1ccccc1O)C3. The number of rotatable bonds is 3. The quantitative estimate of drug-likeness (QED) is 0.548. The number of hydrogen-bond donors (Lipinski definition) is 1. The molecule has 1 atom stereocenters. The number of benzene rings is 2. The fourth-order valence-corrected chi connectivity index (χ4v) is 4.33. The lowest BCUT2D eigenvalue weighted by atomic mass is 9.83. The monoisotopic (exact) mass is 398 g/mol. The van der Waals surface area contributed by atoms with Crippen molar-refractivity contribution in [3.63, 3.8) is 0 Å². The number of hydrogen-bond acceptors (Lipinski definition) is 5. The van der Waals surface area contributed by atoms with Gasteiger partial charge in [0.05, 0.1) is 17.0 Å². The molecular weight excluding hydrogens is 376 g/mol. The predicted molar refractivity (Wildman–Crippen MR) is 114 cm³/mol. The average molecular weight is 398 g/mol. The molecule has 0 amide bonds. The molecule has 2 aromatic carbocycles. The van der Waals surface area contributed by atoms with E-state index in [1.54, 1.807) is 16.6 Å². The summed E-state index contributed by atoms with van der Waals surface area (Å²) in [7, 11) is 0. The van der Waals surface area contributed by atoms with Gasteiger partial charge in [-0.15, -0.1) is 10.2 Å². The highest BCUT2D eigenvalue weighted by Crippen LogP contribution is 2.38. The molecule has 1 aliphatic carbocycles. The van der Waals surface area contributed by atoms with Gasteiger partial charge in [-0.2, -0.15) is 5.10 Å². The van der Waals surface area contributed by atoms with Crippen molar-refractivity contribution >= 4 is 11.4 Å². The predicted octanol–water partition coefficient (Wildman–Crippen LogP) is 4.53. The van der Waals surface area contributed by atoms with Crippen molar-refractivity contribution in [2.75, 3.05) is 0 Å². The van der Waals surface area contributed by atoms with Gasteiger partial charge >= 0.3 is 0 Å². The maximum atomic E-state index is 12.9. The zero-order valence-corrected chi connectivity index (χ0v) is 16.9. The number of fused-ring (bicyclic) bond motifs is 3. The van der Waals surface area contributed by atoms with Crippen molar-refractivity contribution in [1.82, 2.24) is 19.8 Å². The van der Waals surface area contributed by atoms with Gasteiger partial charge in [-0.05, 0) is 29.5 Å². The Labute approximate surface area is 174 Å². The summed E-state index contributed by atoms with van der Waals surface area (Å²) in [6.45, 7) is 4.20. The summed E-state index contributed by atoms with van der Waals surface area (Å²) in [5, 5.41) is 23.9. The summed E-state index contributed by atoms with van der Waals surface area (Å²) in [6.07, 6.45) is 0.868. The number of phenols is 1. The minimum Gasteiger partial charge on any atom is -0.508 e. The molecule has 1 unspecified atom stereocenters. The van der Waals surface area contributed by atoms with E-state index in [1.807, 2.05) is 42.5 Å². The summed E-state index contributed by atoms with van der Waals surface area (Å²) in [5.74, 6) is 0.211. The van der Waals surface area contributed by atoms with Crippen molar-refractivity contribution < 1.29 is 9.90 Å². The van der Waals surface area contributed by atoms with Crippen molar-refractivity contribution in [3.05, 3.63) is 77.2 Å². The first-order valence-electron chi connectivity index (χ1n) is 10.2. The van der Waals surface area contributed by atoms with Crippen LogP contribution in [0.2, 0.25) is 0 Å². The van der Waals surface area contributed by atoms with E-state index in [-0.39, 0.29) is 23.4 Å². The average Bonchev–Trinajstić information content (AvgIpc) is 3.15. The van der Waals surface area contributed by atoms with E-state index < -0.39 is 0 Å². The molecule has 0 radical (unpaired) electrons. The first-order valence-corrected chi connectivity index (χ1v) is 10.2. The van der Waals surface area contributed by atoms with Gasteiger partial charge in [-0.25, -0.2) is 4.52 Å². The Bertz CT molecular complexity index is 1260. The van der Waals surface area contributed by atoms with Gasteiger partial charge in [0.15, 0.2) is 17.1 Å². The number of aromatic nitrogens is 4. The van der Waals surface area contributed by atoms with Crippen LogP contribution in [0, 0.1) is 0 Å². The summed E-state index contributed by atoms with van der Waals surface area (Å²) in [5.41, 5.74) is 5.50. The van der Waals surface area contributed by atoms with Crippen LogP contribution in [0.4, 0.5) is 0 Å². The minimum atomic E-state index is -0.120. The van der Waals surface area contributed by atoms with Gasteiger partial charge in [0.25, 0.3) is 0 Å². The number of carbonyl (C=O) groups is 1. The van der Waals surface area contributed by atoms with Crippen molar-refractivity contribution in [3.8, 4) is 16.9 Å². The molecule has 0 saturated carbocycles. The van der Waals surface area contributed by atoms with Crippen LogP contribution in [0.25, 0.3) is 16.8 Å². The molecule has 30 heavy (non-hydrogen) atoms. The maximum Gasteiger partial charge on any atom is 0.185 e. The second kappa shape index (κ2) is 7.06. The Morgan fingerprint density at radius 2 is 1.73 bits per heavy atom. The van der Waals surface area contributed by atoms with Gasteiger partial charge in [-0.3, -0.25) is 4.79 Å². The molecule has 0 aliphatic heterocycles. The van der Waals surface area contributed by atoms with E-state index in [0.717, 1.165) is 28.1 Å². The fraction of sp³-hybridized carbons (Fsp3) is 0.250. The molecule has 0 bridgehead atoms. The molecule has 4 aromatic rings. The molecule has 0 fully saturated rings. The molecule has 0 saturated heterocycles. The zero-order valence-electron chi connectivity index (χ0n) is 16.9. The number of aromatic hydroxyl groups is 1. The van der Waals surface area contributed by atoms with Crippen LogP contribution >= 0.6 is 0 Å². The number of nitrogens with zero attached hydrogens (tertiary/aromatic N) is 4. The van der Waals surface area contributed by atoms with E-state index in [1.165, 1.54) is 0 Å². The van der Waals surface area contributed by atoms with Crippen LogP contribution in [0.1, 0.15) is 59.5 Å². The van der Waals surface area contributed by atoms with E-state index in [0.29, 0.717) is 24.2 Å². The highest BCUT2D eigenvalue weighted by Gasteiger charge is 2.33. The Hall–Kier alpha value is -3.54. The van der Waals surface area contributed by atoms with Gasteiger partial charge < -0.3 is 5.11 Å². The molecule has 6 heteroatoms. The third kappa shape index (κ3) is 2.87. The van der Waals surface area contributed by atoms with E-state index in [9.17, 15) is 9.90 Å². The second-order valence-electron chi connectivity index (χ2n) is 8.10. The highest BCUT2D eigenvalue weighted by atomic mass is 16.3. The molecule has 150 valence electrons. The normalized spacial score (nSPS) is 16.2. The van der Waals surface area contributed by atoms with Gasteiger partial charge in [0, 0.05) is 12.3 Å². The lowest BCUT2D eigenvalue weighted by Crippen LogP contribution is -2.24. The van der Waals surface area contributed by atoms with Gasteiger partial charge in [0.2, 0.25) is 0 Å². The van der Waals surface area contributed by atoms with E-state index >= 15 is 0 Å². The zero-order chi connectivity index (χ0) is 20.8. The lowest BCUT2D eigenvalue weighted by molar-refractivity contribution is 0.0955. The Balaban J connectivity index is 1.72. The Morgan fingerprint density at radius 1 is 1.00 bits per heavy atom. The second-order valence-corrected chi connectivity index (χ2v) is 8.10. The number of para-hydroxylation sites is 1. The first kappa shape index (κ1) is 18.5. The van der Waals surface area contributed by atoms with Crippen molar-refractivity contribution in [1.29, 1.82) is 0 Å². The van der Waals surface area contributed by atoms with Crippen LogP contribution < -0.4 is 0 Å². The van der Waals surface area contributed by atoms with Gasteiger partial charge in [0.1, 0.15) is 5.75 Å². The molecular formula is C24H22N4O2. The minimum absolute atomic E-state index is 0.0678. The number of Topliss-reactive ketones (excluding diaryl/α,β-unsaturated/α-hetero) is 1. The fourth-order valence-electron chi connectivity index (χ4n) is 4.33. The van der Waals surface area contributed by atoms with Crippen LogP contribution in [-0.2, 0) is 6.42 Å². The Morgan fingerprint density at radius 3 is 2.47 bits per heavy atom. The van der Waals surface area contributed by atoms with Crippen LogP contribution in [0.15, 0.2) is 54.6 Å². The van der Waals surface area contributed by atoms with Crippen molar-refractivity contribution in [2.24, 2.45) is 0 Å².